The van der Waals surface area contributed by atoms with Gasteiger partial charge in [-0.15, -0.1) is 6.58 Å². The Hall–Kier alpha value is -2.42. The van der Waals surface area contributed by atoms with Gasteiger partial charge in [0.25, 0.3) is 5.91 Å². The summed E-state index contributed by atoms with van der Waals surface area (Å²) in [5.74, 6) is -0.104. The number of rotatable bonds is 3. The molecule has 1 aliphatic carbocycles. The van der Waals surface area contributed by atoms with E-state index in [0.29, 0.717) is 5.56 Å². The maximum Gasteiger partial charge on any atom is 0.252 e. The van der Waals surface area contributed by atoms with Crippen LogP contribution in [0.15, 0.2) is 49.1 Å². The van der Waals surface area contributed by atoms with Crippen molar-refractivity contribution in [1.82, 2.24) is 10.3 Å². The summed E-state index contributed by atoms with van der Waals surface area (Å²) in [4.78, 5) is 17.0. The SMILES string of the molecule is C=CC1(c2nc(C)ccc2C(=O)NC)CCc2ccccc21. The molecule has 0 spiro atoms. The van der Waals surface area contributed by atoms with Crippen LogP contribution in [0.1, 0.15) is 39.3 Å². The highest BCUT2D eigenvalue weighted by atomic mass is 16.1. The molecule has 3 rings (SSSR count). The van der Waals surface area contributed by atoms with Gasteiger partial charge in [0.15, 0.2) is 0 Å². The van der Waals surface area contributed by atoms with Crippen LogP contribution in [0.4, 0.5) is 0 Å². The molecule has 1 aliphatic rings. The van der Waals surface area contributed by atoms with Crippen molar-refractivity contribution in [3.63, 3.8) is 0 Å². The second-order valence-corrected chi connectivity index (χ2v) is 5.76. The van der Waals surface area contributed by atoms with Gasteiger partial charge < -0.3 is 5.32 Å². The quantitative estimate of drug-likeness (QED) is 0.883. The van der Waals surface area contributed by atoms with E-state index in [1.807, 2.05) is 31.2 Å². The number of aryl methyl sites for hydroxylation is 2. The Morgan fingerprint density at radius 1 is 1.32 bits per heavy atom. The number of hydrogen-bond donors (Lipinski definition) is 1. The van der Waals surface area contributed by atoms with E-state index in [4.69, 9.17) is 4.98 Å². The summed E-state index contributed by atoms with van der Waals surface area (Å²) in [6.07, 6.45) is 3.83. The maximum atomic E-state index is 12.3. The molecule has 1 amide bonds. The van der Waals surface area contributed by atoms with Crippen LogP contribution in [0, 0.1) is 6.92 Å². The van der Waals surface area contributed by atoms with E-state index in [9.17, 15) is 4.79 Å². The first kappa shape index (κ1) is 14.5. The molecule has 22 heavy (non-hydrogen) atoms. The number of carbonyl (C=O) groups is 1. The highest BCUT2D eigenvalue weighted by Gasteiger charge is 2.41. The Morgan fingerprint density at radius 2 is 2.09 bits per heavy atom. The summed E-state index contributed by atoms with van der Waals surface area (Å²) in [6.45, 7) is 6.03. The molecule has 0 saturated heterocycles. The van der Waals surface area contributed by atoms with Crippen LogP contribution in [-0.2, 0) is 11.8 Å². The lowest BCUT2D eigenvalue weighted by atomic mass is 9.76. The second kappa shape index (κ2) is 5.41. The van der Waals surface area contributed by atoms with Gasteiger partial charge in [0.1, 0.15) is 0 Å². The summed E-state index contributed by atoms with van der Waals surface area (Å²) in [5.41, 5.74) is 4.50. The van der Waals surface area contributed by atoms with Crippen LogP contribution in [0.3, 0.4) is 0 Å². The first-order valence-corrected chi connectivity index (χ1v) is 7.54. The van der Waals surface area contributed by atoms with Crippen molar-refractivity contribution in [3.05, 3.63) is 77.1 Å². The molecule has 1 atom stereocenters. The van der Waals surface area contributed by atoms with Gasteiger partial charge in [-0.05, 0) is 43.0 Å². The molecule has 3 heteroatoms. The molecule has 2 aromatic rings. The first-order valence-electron chi connectivity index (χ1n) is 7.54. The number of allylic oxidation sites excluding steroid dienone is 1. The molecule has 1 aromatic carbocycles. The van der Waals surface area contributed by atoms with Gasteiger partial charge in [-0.25, -0.2) is 0 Å². The van der Waals surface area contributed by atoms with E-state index >= 15 is 0 Å². The monoisotopic (exact) mass is 292 g/mol. The maximum absolute atomic E-state index is 12.3. The molecule has 0 aliphatic heterocycles. The van der Waals surface area contributed by atoms with Crippen LogP contribution in [0.2, 0.25) is 0 Å². The molecule has 1 heterocycles. The third-order valence-corrected chi connectivity index (χ3v) is 4.56. The third kappa shape index (κ3) is 2.05. The van der Waals surface area contributed by atoms with E-state index in [1.54, 1.807) is 7.05 Å². The minimum absolute atomic E-state index is 0.104. The average Bonchev–Trinajstić information content (AvgIpc) is 2.94. The Bertz CT molecular complexity index is 751. The van der Waals surface area contributed by atoms with Gasteiger partial charge in [-0.2, -0.15) is 0 Å². The van der Waals surface area contributed by atoms with Crippen molar-refractivity contribution < 1.29 is 4.79 Å². The minimum atomic E-state index is -0.384. The van der Waals surface area contributed by atoms with Crippen LogP contribution in [0.5, 0.6) is 0 Å². The van der Waals surface area contributed by atoms with Crippen LogP contribution >= 0.6 is 0 Å². The van der Waals surface area contributed by atoms with E-state index in [-0.39, 0.29) is 11.3 Å². The lowest BCUT2D eigenvalue weighted by Gasteiger charge is -2.28. The molecule has 1 unspecified atom stereocenters. The Labute approximate surface area is 131 Å². The van der Waals surface area contributed by atoms with Gasteiger partial charge in [0.05, 0.1) is 16.7 Å². The Kier molecular flexibility index (Phi) is 3.57. The molecule has 0 bridgehead atoms. The number of amides is 1. The van der Waals surface area contributed by atoms with E-state index in [2.05, 4.69) is 30.1 Å². The van der Waals surface area contributed by atoms with Gasteiger partial charge in [-0.3, -0.25) is 9.78 Å². The van der Waals surface area contributed by atoms with Gasteiger partial charge in [-0.1, -0.05) is 30.3 Å². The zero-order chi connectivity index (χ0) is 15.7. The highest BCUT2D eigenvalue weighted by molar-refractivity contribution is 5.95. The summed E-state index contributed by atoms with van der Waals surface area (Å²) in [6, 6.07) is 12.1. The van der Waals surface area contributed by atoms with Crippen LogP contribution in [-0.4, -0.2) is 17.9 Å². The highest BCUT2D eigenvalue weighted by Crippen LogP contribution is 2.45. The zero-order valence-corrected chi connectivity index (χ0v) is 13.0. The summed E-state index contributed by atoms with van der Waals surface area (Å²) < 4.78 is 0. The van der Waals surface area contributed by atoms with Crippen molar-refractivity contribution in [1.29, 1.82) is 0 Å². The third-order valence-electron chi connectivity index (χ3n) is 4.56. The number of nitrogens with one attached hydrogen (secondary N) is 1. The minimum Gasteiger partial charge on any atom is -0.355 e. The fourth-order valence-corrected chi connectivity index (χ4v) is 3.41. The van der Waals surface area contributed by atoms with Crippen molar-refractivity contribution in [2.24, 2.45) is 0 Å². The molecule has 1 aromatic heterocycles. The van der Waals surface area contributed by atoms with E-state index in [1.165, 1.54) is 11.1 Å². The molecule has 0 saturated carbocycles. The fourth-order valence-electron chi connectivity index (χ4n) is 3.41. The van der Waals surface area contributed by atoms with E-state index in [0.717, 1.165) is 24.2 Å². The largest absolute Gasteiger partial charge is 0.355 e. The molecule has 112 valence electrons. The second-order valence-electron chi connectivity index (χ2n) is 5.76. The molecule has 3 nitrogen and oxygen atoms in total. The van der Waals surface area contributed by atoms with Gasteiger partial charge >= 0.3 is 0 Å². The first-order chi connectivity index (χ1) is 10.6. The predicted octanol–water partition coefficient (Wildman–Crippen LogP) is 3.17. The van der Waals surface area contributed by atoms with Crippen molar-refractivity contribution >= 4 is 5.91 Å². The number of carbonyl (C=O) groups excluding carboxylic acids is 1. The van der Waals surface area contributed by atoms with Crippen LogP contribution < -0.4 is 5.32 Å². The molecule has 1 N–H and O–H groups in total. The van der Waals surface area contributed by atoms with Crippen molar-refractivity contribution in [2.75, 3.05) is 7.05 Å². The lowest BCUT2D eigenvalue weighted by molar-refractivity contribution is 0.0960. The summed E-state index contributed by atoms with van der Waals surface area (Å²) >= 11 is 0. The van der Waals surface area contributed by atoms with Gasteiger partial charge in [0, 0.05) is 12.7 Å². The van der Waals surface area contributed by atoms with E-state index < -0.39 is 0 Å². The summed E-state index contributed by atoms with van der Waals surface area (Å²) in [5, 5.41) is 2.72. The predicted molar refractivity (Wildman–Crippen MR) is 88.1 cm³/mol. The van der Waals surface area contributed by atoms with Gasteiger partial charge in [0.2, 0.25) is 0 Å². The van der Waals surface area contributed by atoms with Crippen molar-refractivity contribution in [2.45, 2.75) is 25.2 Å². The number of fused-ring (bicyclic) bond motifs is 1. The Balaban J connectivity index is 2.27. The standard InChI is InChI=1S/C19H20N2O/c1-4-19(12-11-14-7-5-6-8-16(14)19)17-15(18(22)20-3)10-9-13(2)21-17/h4-10H,1,11-12H2,2-3H3,(H,20,22). The average molecular weight is 292 g/mol. The number of benzene rings is 1. The summed E-state index contributed by atoms with van der Waals surface area (Å²) in [7, 11) is 1.65. The smallest absolute Gasteiger partial charge is 0.252 e. The molecule has 0 fully saturated rings. The Morgan fingerprint density at radius 3 is 2.82 bits per heavy atom. The molecule has 0 radical (unpaired) electrons. The number of aromatic nitrogens is 1. The van der Waals surface area contributed by atoms with Crippen molar-refractivity contribution in [3.8, 4) is 0 Å². The number of pyridine rings is 1. The fraction of sp³-hybridized carbons (Fsp3) is 0.263. The topological polar surface area (TPSA) is 42.0 Å². The lowest BCUT2D eigenvalue weighted by Crippen LogP contribution is -2.30. The number of nitrogens with zero attached hydrogens (tertiary/aromatic N) is 1. The molecular formula is C19H20N2O. The molecular weight excluding hydrogens is 272 g/mol. The number of hydrogen-bond acceptors (Lipinski definition) is 2. The van der Waals surface area contributed by atoms with Crippen LogP contribution in [0.25, 0.3) is 0 Å². The zero-order valence-electron chi connectivity index (χ0n) is 13.0. The normalized spacial score (nSPS) is 19.5.